The average Bonchev–Trinajstić information content (AvgIpc) is 2.71. The predicted molar refractivity (Wildman–Crippen MR) is 53.4 cm³/mol. The third-order valence-electron chi connectivity index (χ3n) is 2.05. The SMILES string of the molecule is O=S(=O)(c1ccc(F)cc1)N1CCC=N1. The van der Waals surface area contributed by atoms with Gasteiger partial charge in [-0.25, -0.2) is 4.39 Å². The van der Waals surface area contributed by atoms with Gasteiger partial charge in [0.05, 0.1) is 11.4 Å². The predicted octanol–water partition coefficient (Wildman–Crippen LogP) is 1.21. The molecule has 6 heteroatoms. The maximum absolute atomic E-state index is 12.6. The van der Waals surface area contributed by atoms with Crippen LogP contribution in [0.15, 0.2) is 34.3 Å². The molecule has 0 bridgehead atoms. The fraction of sp³-hybridized carbons (Fsp3) is 0.222. The monoisotopic (exact) mass is 228 g/mol. The number of sulfonamides is 1. The topological polar surface area (TPSA) is 49.7 Å². The Kier molecular flexibility index (Phi) is 2.44. The van der Waals surface area contributed by atoms with Gasteiger partial charge in [0.1, 0.15) is 5.82 Å². The third-order valence-corrected chi connectivity index (χ3v) is 3.75. The highest BCUT2D eigenvalue weighted by molar-refractivity contribution is 7.89. The van der Waals surface area contributed by atoms with Gasteiger partial charge in [0.25, 0.3) is 10.0 Å². The first-order valence-electron chi connectivity index (χ1n) is 4.41. The molecule has 2 rings (SSSR count). The zero-order chi connectivity index (χ0) is 10.9. The molecule has 0 aliphatic carbocycles. The smallest absolute Gasteiger partial charge is 0.207 e. The van der Waals surface area contributed by atoms with E-state index in [1.54, 1.807) is 6.21 Å². The molecule has 1 aromatic carbocycles. The summed E-state index contributed by atoms with van der Waals surface area (Å²) >= 11 is 0. The van der Waals surface area contributed by atoms with Crippen LogP contribution in [-0.4, -0.2) is 25.6 Å². The lowest BCUT2D eigenvalue weighted by Gasteiger charge is -2.13. The number of hydrogen-bond donors (Lipinski definition) is 0. The Morgan fingerprint density at radius 3 is 2.47 bits per heavy atom. The van der Waals surface area contributed by atoms with Gasteiger partial charge in [-0.05, 0) is 24.3 Å². The minimum absolute atomic E-state index is 0.0583. The Bertz CT molecular complexity index is 481. The van der Waals surface area contributed by atoms with E-state index in [2.05, 4.69) is 5.10 Å². The van der Waals surface area contributed by atoms with Crippen LogP contribution in [0.5, 0.6) is 0 Å². The molecule has 0 aromatic heterocycles. The van der Waals surface area contributed by atoms with Crippen molar-refractivity contribution in [2.45, 2.75) is 11.3 Å². The van der Waals surface area contributed by atoms with Crippen molar-refractivity contribution in [3.05, 3.63) is 30.1 Å². The van der Waals surface area contributed by atoms with Gasteiger partial charge in [0, 0.05) is 12.6 Å². The second-order valence-corrected chi connectivity index (χ2v) is 4.93. The second kappa shape index (κ2) is 3.62. The first-order valence-corrected chi connectivity index (χ1v) is 5.85. The van der Waals surface area contributed by atoms with Gasteiger partial charge in [0.15, 0.2) is 0 Å². The number of hydrogen-bond acceptors (Lipinski definition) is 3. The molecule has 0 atom stereocenters. The third kappa shape index (κ3) is 1.85. The number of rotatable bonds is 2. The van der Waals surface area contributed by atoms with Crippen LogP contribution in [0.3, 0.4) is 0 Å². The van der Waals surface area contributed by atoms with Gasteiger partial charge in [-0.2, -0.15) is 17.9 Å². The van der Waals surface area contributed by atoms with Gasteiger partial charge in [-0.3, -0.25) is 0 Å². The molecule has 1 heterocycles. The van der Waals surface area contributed by atoms with E-state index in [1.807, 2.05) is 0 Å². The Hall–Kier alpha value is -1.43. The van der Waals surface area contributed by atoms with Crippen molar-refractivity contribution in [2.24, 2.45) is 5.10 Å². The summed E-state index contributed by atoms with van der Waals surface area (Å²) in [5, 5.41) is 3.73. The lowest BCUT2D eigenvalue weighted by atomic mass is 10.4. The normalized spacial score (nSPS) is 15.9. The second-order valence-electron chi connectivity index (χ2n) is 3.09. The van der Waals surface area contributed by atoms with E-state index >= 15 is 0 Å². The highest BCUT2D eigenvalue weighted by Gasteiger charge is 2.24. The van der Waals surface area contributed by atoms with E-state index in [0.717, 1.165) is 16.5 Å². The molecule has 1 aromatic rings. The number of nitrogens with zero attached hydrogens (tertiary/aromatic N) is 2. The summed E-state index contributed by atoms with van der Waals surface area (Å²) in [4.78, 5) is 0.0583. The van der Waals surface area contributed by atoms with E-state index in [4.69, 9.17) is 0 Å². The van der Waals surface area contributed by atoms with E-state index in [9.17, 15) is 12.8 Å². The molecule has 0 spiro atoms. The first-order chi connectivity index (χ1) is 7.10. The van der Waals surface area contributed by atoms with Crippen molar-refractivity contribution in [1.82, 2.24) is 4.41 Å². The molecule has 1 aliphatic heterocycles. The Morgan fingerprint density at radius 1 is 1.27 bits per heavy atom. The van der Waals surface area contributed by atoms with Gasteiger partial charge in [-0.15, -0.1) is 0 Å². The van der Waals surface area contributed by atoms with Crippen molar-refractivity contribution in [3.8, 4) is 0 Å². The van der Waals surface area contributed by atoms with Crippen LogP contribution in [0, 0.1) is 5.82 Å². The molecule has 0 saturated heterocycles. The van der Waals surface area contributed by atoms with Crippen LogP contribution in [0.1, 0.15) is 6.42 Å². The lowest BCUT2D eigenvalue weighted by Crippen LogP contribution is -2.23. The molecule has 1 aliphatic rings. The van der Waals surface area contributed by atoms with Crippen molar-refractivity contribution in [2.75, 3.05) is 6.54 Å². The van der Waals surface area contributed by atoms with Crippen LogP contribution in [0.25, 0.3) is 0 Å². The molecule has 0 amide bonds. The molecule has 0 fully saturated rings. The van der Waals surface area contributed by atoms with E-state index in [1.165, 1.54) is 12.1 Å². The van der Waals surface area contributed by atoms with Crippen LogP contribution < -0.4 is 0 Å². The Labute approximate surface area is 87.1 Å². The highest BCUT2D eigenvalue weighted by atomic mass is 32.2. The van der Waals surface area contributed by atoms with Crippen molar-refractivity contribution in [3.63, 3.8) is 0 Å². The summed E-state index contributed by atoms with van der Waals surface area (Å²) < 4.78 is 37.3. The van der Waals surface area contributed by atoms with Crippen molar-refractivity contribution < 1.29 is 12.8 Å². The quantitative estimate of drug-likeness (QED) is 0.763. The van der Waals surface area contributed by atoms with Gasteiger partial charge < -0.3 is 0 Å². The highest BCUT2D eigenvalue weighted by Crippen LogP contribution is 2.18. The van der Waals surface area contributed by atoms with E-state index < -0.39 is 15.8 Å². The molecular weight excluding hydrogens is 219 g/mol. The fourth-order valence-corrected chi connectivity index (χ4v) is 2.55. The standard InChI is InChI=1S/C9H9FN2O2S/c10-8-2-4-9(5-3-8)15(13,14)12-7-1-6-11-12/h2-6H,1,7H2. The van der Waals surface area contributed by atoms with Crippen molar-refractivity contribution in [1.29, 1.82) is 0 Å². The summed E-state index contributed by atoms with van der Waals surface area (Å²) in [6.07, 6.45) is 2.15. The molecule has 0 unspecified atom stereocenters. The van der Waals surface area contributed by atoms with Crippen LogP contribution in [-0.2, 0) is 10.0 Å². The fourth-order valence-electron chi connectivity index (χ4n) is 1.29. The van der Waals surface area contributed by atoms with E-state index in [-0.39, 0.29) is 4.90 Å². The molecule has 15 heavy (non-hydrogen) atoms. The molecule has 0 saturated carbocycles. The first kappa shape index (κ1) is 10.1. The summed E-state index contributed by atoms with van der Waals surface area (Å²) in [6, 6.07) is 4.70. The summed E-state index contributed by atoms with van der Waals surface area (Å²) in [5.74, 6) is -0.459. The van der Waals surface area contributed by atoms with Crippen LogP contribution in [0.4, 0.5) is 4.39 Å². The zero-order valence-electron chi connectivity index (χ0n) is 7.80. The summed E-state index contributed by atoms with van der Waals surface area (Å²) in [6.45, 7) is 0.347. The summed E-state index contributed by atoms with van der Waals surface area (Å²) in [7, 11) is -3.59. The minimum Gasteiger partial charge on any atom is -0.207 e. The lowest BCUT2D eigenvalue weighted by molar-refractivity contribution is 0.460. The molecule has 4 nitrogen and oxygen atoms in total. The van der Waals surface area contributed by atoms with Crippen molar-refractivity contribution >= 4 is 16.2 Å². The van der Waals surface area contributed by atoms with Crippen LogP contribution in [0.2, 0.25) is 0 Å². The minimum atomic E-state index is -3.59. The Morgan fingerprint density at radius 2 is 1.93 bits per heavy atom. The van der Waals surface area contributed by atoms with Gasteiger partial charge in [-0.1, -0.05) is 0 Å². The van der Waals surface area contributed by atoms with E-state index in [0.29, 0.717) is 13.0 Å². The molecular formula is C9H9FN2O2S. The van der Waals surface area contributed by atoms with Gasteiger partial charge in [0.2, 0.25) is 0 Å². The number of hydrazone groups is 1. The Balaban J connectivity index is 2.37. The molecule has 0 N–H and O–H groups in total. The molecule has 0 radical (unpaired) electrons. The summed E-state index contributed by atoms with van der Waals surface area (Å²) in [5.41, 5.74) is 0. The molecule has 80 valence electrons. The van der Waals surface area contributed by atoms with Crippen LogP contribution >= 0.6 is 0 Å². The largest absolute Gasteiger partial charge is 0.279 e. The maximum Gasteiger partial charge on any atom is 0.279 e. The maximum atomic E-state index is 12.6. The number of benzene rings is 1. The average molecular weight is 228 g/mol. The zero-order valence-corrected chi connectivity index (χ0v) is 8.61. The number of halogens is 1. The van der Waals surface area contributed by atoms with Gasteiger partial charge >= 0.3 is 0 Å².